The maximum absolute atomic E-state index is 10.0. The maximum Gasteiger partial charge on any atom is 0.157 e. The van der Waals surface area contributed by atoms with Crippen LogP contribution >= 0.6 is 11.3 Å². The summed E-state index contributed by atoms with van der Waals surface area (Å²) in [6.07, 6.45) is 1.74. The first-order valence-corrected chi connectivity index (χ1v) is 10.9. The topological polar surface area (TPSA) is 102 Å². The van der Waals surface area contributed by atoms with E-state index in [1.807, 2.05) is 42.5 Å². The molecule has 7 heteroatoms. The number of para-hydroxylation sites is 2. The second kappa shape index (κ2) is 9.55. The number of allylic oxidation sites excluding steroid dienone is 1. The molecule has 0 aliphatic carbocycles. The van der Waals surface area contributed by atoms with Crippen molar-refractivity contribution in [1.29, 1.82) is 5.41 Å². The molecule has 1 aromatic heterocycles. The minimum atomic E-state index is -0.236. The van der Waals surface area contributed by atoms with Gasteiger partial charge in [-0.05, 0) is 55.5 Å². The van der Waals surface area contributed by atoms with Gasteiger partial charge in [-0.15, -0.1) is 11.3 Å². The van der Waals surface area contributed by atoms with E-state index >= 15 is 0 Å². The predicted octanol–water partition coefficient (Wildman–Crippen LogP) is 5.44. The molecule has 0 spiro atoms. The van der Waals surface area contributed by atoms with Gasteiger partial charge in [0.1, 0.15) is 16.6 Å². The molecular weight excluding hydrogens is 420 g/mol. The molecule has 0 amide bonds. The zero-order valence-electron chi connectivity index (χ0n) is 17.4. The first kappa shape index (κ1) is 21.4. The quantitative estimate of drug-likeness (QED) is 0.244. The van der Waals surface area contributed by atoms with Crippen LogP contribution in [-0.4, -0.2) is 33.5 Å². The van der Waals surface area contributed by atoms with Crippen molar-refractivity contribution < 1.29 is 10.2 Å². The van der Waals surface area contributed by atoms with E-state index in [0.717, 1.165) is 26.5 Å². The molecule has 160 valence electrons. The number of phenols is 1. The van der Waals surface area contributed by atoms with E-state index in [1.54, 1.807) is 42.5 Å². The number of hydrogen-bond acceptors (Lipinski definition) is 5. The van der Waals surface area contributed by atoms with Crippen LogP contribution in [0.5, 0.6) is 5.75 Å². The molecule has 0 aliphatic rings. The lowest BCUT2D eigenvalue weighted by molar-refractivity contribution is 0.337. The van der Waals surface area contributed by atoms with Crippen LogP contribution in [0.15, 0.2) is 89.4 Å². The highest BCUT2D eigenvalue weighted by atomic mass is 32.1. The van der Waals surface area contributed by atoms with Gasteiger partial charge in [-0.25, -0.2) is 9.98 Å². The number of aliphatic imine (C=N–C) groups is 1. The maximum atomic E-state index is 10.0. The number of nitrogens with one attached hydrogen (secondary N) is 2. The molecule has 0 atom stereocenters. The lowest BCUT2D eigenvalue weighted by Gasteiger charge is -2.13. The summed E-state index contributed by atoms with van der Waals surface area (Å²) in [7, 11) is 0. The fourth-order valence-electron chi connectivity index (χ4n) is 3.16. The van der Waals surface area contributed by atoms with Crippen molar-refractivity contribution in [3.8, 4) is 16.3 Å². The predicted molar refractivity (Wildman–Crippen MR) is 132 cm³/mol. The second-order valence-electron chi connectivity index (χ2n) is 6.99. The van der Waals surface area contributed by atoms with E-state index in [0.29, 0.717) is 17.0 Å². The molecule has 4 rings (SSSR count). The number of thiazole rings is 1. The van der Waals surface area contributed by atoms with Gasteiger partial charge in [0.2, 0.25) is 0 Å². The summed E-state index contributed by atoms with van der Waals surface area (Å²) < 4.78 is 1.14. The molecule has 0 radical (unpaired) electrons. The van der Waals surface area contributed by atoms with Gasteiger partial charge in [-0.1, -0.05) is 30.3 Å². The Kier molecular flexibility index (Phi) is 6.39. The van der Waals surface area contributed by atoms with E-state index in [-0.39, 0.29) is 18.2 Å². The highest BCUT2D eigenvalue weighted by Crippen LogP contribution is 2.30. The molecule has 32 heavy (non-hydrogen) atoms. The minimum absolute atomic E-state index is 0.0215. The lowest BCUT2D eigenvalue weighted by Crippen LogP contribution is -2.19. The first-order valence-electron chi connectivity index (χ1n) is 10.0. The fraction of sp³-hybridized carbons (Fsp3) is 0.0800. The molecule has 4 N–H and O–H groups in total. The molecule has 3 aromatic carbocycles. The summed E-state index contributed by atoms with van der Waals surface area (Å²) >= 11 is 1.64. The number of nitrogens with zero attached hydrogens (tertiary/aromatic N) is 2. The van der Waals surface area contributed by atoms with E-state index < -0.39 is 0 Å². The number of fused-ring (bicyclic) bond motifs is 1. The normalized spacial score (nSPS) is 12.2. The Bertz CT molecular complexity index is 1290. The average Bonchev–Trinajstić information content (AvgIpc) is 3.25. The largest absolute Gasteiger partial charge is 0.507 e. The molecule has 0 aliphatic heterocycles. The van der Waals surface area contributed by atoms with E-state index in [9.17, 15) is 10.2 Å². The van der Waals surface area contributed by atoms with Gasteiger partial charge in [0, 0.05) is 16.8 Å². The molecule has 0 unspecified atom stereocenters. The number of benzene rings is 3. The van der Waals surface area contributed by atoms with Crippen molar-refractivity contribution in [3.05, 3.63) is 90.0 Å². The van der Waals surface area contributed by atoms with Gasteiger partial charge in [0.05, 0.1) is 22.4 Å². The third kappa shape index (κ3) is 4.59. The van der Waals surface area contributed by atoms with Crippen LogP contribution < -0.4 is 5.32 Å². The van der Waals surface area contributed by atoms with Crippen molar-refractivity contribution in [2.45, 2.75) is 6.92 Å². The van der Waals surface area contributed by atoms with Crippen LogP contribution in [0.25, 0.3) is 20.8 Å². The van der Waals surface area contributed by atoms with Crippen molar-refractivity contribution in [2.75, 3.05) is 11.9 Å². The third-order valence-electron chi connectivity index (χ3n) is 4.89. The molecule has 0 fully saturated rings. The zero-order valence-corrected chi connectivity index (χ0v) is 18.2. The smallest absolute Gasteiger partial charge is 0.157 e. The molecular formula is C25H22N4O2S. The second-order valence-corrected chi connectivity index (χ2v) is 8.02. The Hall–Kier alpha value is -3.81. The van der Waals surface area contributed by atoms with Gasteiger partial charge in [0.15, 0.2) is 5.84 Å². The van der Waals surface area contributed by atoms with Crippen LogP contribution in [0.2, 0.25) is 0 Å². The van der Waals surface area contributed by atoms with E-state index in [1.165, 1.54) is 6.07 Å². The summed E-state index contributed by atoms with van der Waals surface area (Å²) in [5.41, 5.74) is 3.59. The average molecular weight is 443 g/mol. The van der Waals surface area contributed by atoms with Crippen molar-refractivity contribution in [3.63, 3.8) is 0 Å². The highest BCUT2D eigenvalue weighted by molar-refractivity contribution is 7.21. The number of phenolic OH excluding ortho intramolecular Hbond substituents is 1. The van der Waals surface area contributed by atoms with Gasteiger partial charge in [-0.3, -0.25) is 5.41 Å². The Balaban J connectivity index is 1.61. The Morgan fingerprint density at radius 2 is 1.78 bits per heavy atom. The lowest BCUT2D eigenvalue weighted by atomic mass is 10.1. The molecule has 0 bridgehead atoms. The summed E-state index contributed by atoms with van der Waals surface area (Å²) in [6.45, 7) is 1.56. The number of aromatic hydroxyl groups is 1. The van der Waals surface area contributed by atoms with Crippen molar-refractivity contribution in [2.24, 2.45) is 4.99 Å². The zero-order chi connectivity index (χ0) is 22.5. The highest BCUT2D eigenvalue weighted by Gasteiger charge is 2.12. The number of aliphatic hydroxyl groups is 1. The van der Waals surface area contributed by atoms with Crippen LogP contribution in [0.4, 0.5) is 5.69 Å². The van der Waals surface area contributed by atoms with Gasteiger partial charge < -0.3 is 15.5 Å². The van der Waals surface area contributed by atoms with E-state index in [2.05, 4.69) is 21.4 Å². The number of amidine groups is 2. The SMILES string of the molecule is C/C=C(CO)/C(=N/C(=N)c1ccccc1O)Nc1ccc(-c2nc3ccccc3s2)cc1. The summed E-state index contributed by atoms with van der Waals surface area (Å²) in [6, 6.07) is 22.4. The molecule has 6 nitrogen and oxygen atoms in total. The monoisotopic (exact) mass is 442 g/mol. The third-order valence-corrected chi connectivity index (χ3v) is 5.98. The standard InChI is InChI=1S/C25H22N4O2S/c1-2-16(15-30)24(29-23(26)19-7-3-5-9-21(19)31)27-18-13-11-17(12-14-18)25-28-20-8-4-6-10-22(20)32-25/h2-14,30-31H,15H2,1H3,(H2,26,27,29)/b16-2+. The molecule has 0 saturated carbocycles. The van der Waals surface area contributed by atoms with Crippen LogP contribution in [0.1, 0.15) is 12.5 Å². The number of anilines is 1. The first-order chi connectivity index (χ1) is 15.6. The van der Waals surface area contributed by atoms with Crippen LogP contribution in [-0.2, 0) is 0 Å². The van der Waals surface area contributed by atoms with Crippen molar-refractivity contribution in [1.82, 2.24) is 4.98 Å². The minimum Gasteiger partial charge on any atom is -0.507 e. The number of rotatable bonds is 5. The number of hydrogen-bond donors (Lipinski definition) is 4. The van der Waals surface area contributed by atoms with Gasteiger partial charge in [-0.2, -0.15) is 0 Å². The summed E-state index contributed by atoms with van der Waals surface area (Å²) in [4.78, 5) is 9.03. The summed E-state index contributed by atoms with van der Waals surface area (Å²) in [5.74, 6) is 0.215. The molecule has 0 saturated heterocycles. The number of aliphatic hydroxyl groups excluding tert-OH is 1. The van der Waals surface area contributed by atoms with Gasteiger partial charge >= 0.3 is 0 Å². The van der Waals surface area contributed by atoms with Crippen molar-refractivity contribution >= 4 is 38.9 Å². The Morgan fingerprint density at radius 3 is 2.47 bits per heavy atom. The molecule has 4 aromatic rings. The van der Waals surface area contributed by atoms with Crippen LogP contribution in [0, 0.1) is 5.41 Å². The fourth-order valence-corrected chi connectivity index (χ4v) is 4.13. The Labute approximate surface area is 189 Å². The van der Waals surface area contributed by atoms with Gasteiger partial charge in [0.25, 0.3) is 0 Å². The van der Waals surface area contributed by atoms with E-state index in [4.69, 9.17) is 5.41 Å². The summed E-state index contributed by atoms with van der Waals surface area (Å²) in [5, 5.41) is 32.2. The Morgan fingerprint density at radius 1 is 1.06 bits per heavy atom. The molecule has 1 heterocycles. The number of aromatic nitrogens is 1. The van der Waals surface area contributed by atoms with Crippen LogP contribution in [0.3, 0.4) is 0 Å².